The lowest BCUT2D eigenvalue weighted by molar-refractivity contribution is 0.615. The zero-order valence-corrected chi connectivity index (χ0v) is 11.0. The molecule has 0 aliphatic carbocycles. The molecule has 0 radical (unpaired) electrons. The summed E-state index contributed by atoms with van der Waals surface area (Å²) < 4.78 is 14.1. The number of benzene rings is 1. The first kappa shape index (κ1) is 13.5. The van der Waals surface area contributed by atoms with E-state index in [0.29, 0.717) is 18.8 Å². The van der Waals surface area contributed by atoms with Gasteiger partial charge in [0, 0.05) is 32.0 Å². The molecule has 0 atom stereocenters. The number of aromatic nitrogens is 1. The molecule has 3 nitrogen and oxygen atoms in total. The van der Waals surface area contributed by atoms with Crippen molar-refractivity contribution in [1.29, 1.82) is 0 Å². The van der Waals surface area contributed by atoms with E-state index in [0.717, 1.165) is 17.7 Å². The van der Waals surface area contributed by atoms with Gasteiger partial charge >= 0.3 is 0 Å². The average molecular weight is 259 g/mol. The van der Waals surface area contributed by atoms with Crippen LogP contribution in [0.4, 0.5) is 10.1 Å². The molecule has 0 spiro atoms. The molecule has 0 saturated heterocycles. The number of halogens is 1. The molecule has 2 aromatic rings. The summed E-state index contributed by atoms with van der Waals surface area (Å²) in [4.78, 5) is 5.98. The van der Waals surface area contributed by atoms with Crippen LogP contribution in [0.2, 0.25) is 0 Å². The number of rotatable bonds is 5. The fourth-order valence-electron chi connectivity index (χ4n) is 2.01. The van der Waals surface area contributed by atoms with Crippen LogP contribution in [0.1, 0.15) is 18.1 Å². The summed E-state index contributed by atoms with van der Waals surface area (Å²) >= 11 is 0. The highest BCUT2D eigenvalue weighted by atomic mass is 19.1. The Balaban J connectivity index is 2.22. The van der Waals surface area contributed by atoms with Crippen LogP contribution in [0.5, 0.6) is 0 Å². The summed E-state index contributed by atoms with van der Waals surface area (Å²) in [6.45, 7) is 3.77. The highest BCUT2D eigenvalue weighted by molar-refractivity contribution is 5.49. The van der Waals surface area contributed by atoms with E-state index in [4.69, 9.17) is 5.73 Å². The molecule has 0 saturated carbocycles. The van der Waals surface area contributed by atoms with Crippen molar-refractivity contribution in [3.63, 3.8) is 0 Å². The Labute approximate surface area is 112 Å². The second-order valence-corrected chi connectivity index (χ2v) is 4.36. The minimum Gasteiger partial charge on any atom is -0.365 e. The van der Waals surface area contributed by atoms with Crippen molar-refractivity contribution < 1.29 is 4.39 Å². The number of anilines is 1. The van der Waals surface area contributed by atoms with E-state index in [-0.39, 0.29) is 5.82 Å². The fourth-order valence-corrected chi connectivity index (χ4v) is 2.01. The third-order valence-electron chi connectivity index (χ3n) is 3.09. The van der Waals surface area contributed by atoms with E-state index in [1.54, 1.807) is 18.5 Å². The van der Waals surface area contributed by atoms with Gasteiger partial charge in [0.25, 0.3) is 0 Å². The van der Waals surface area contributed by atoms with Crippen molar-refractivity contribution in [3.8, 4) is 0 Å². The molecule has 2 N–H and O–H groups in total. The monoisotopic (exact) mass is 259 g/mol. The molecule has 19 heavy (non-hydrogen) atoms. The van der Waals surface area contributed by atoms with Gasteiger partial charge in [-0.15, -0.1) is 0 Å². The highest BCUT2D eigenvalue weighted by Crippen LogP contribution is 2.22. The van der Waals surface area contributed by atoms with E-state index in [2.05, 4.69) is 4.98 Å². The van der Waals surface area contributed by atoms with Gasteiger partial charge in [-0.3, -0.25) is 4.98 Å². The average Bonchev–Trinajstić information content (AvgIpc) is 2.46. The van der Waals surface area contributed by atoms with Crippen LogP contribution >= 0.6 is 0 Å². The van der Waals surface area contributed by atoms with Crippen molar-refractivity contribution >= 4 is 5.69 Å². The minimum atomic E-state index is -0.223. The Bertz CT molecular complexity index is 528. The lowest BCUT2D eigenvalue weighted by atomic mass is 10.1. The first-order valence-corrected chi connectivity index (χ1v) is 6.37. The van der Waals surface area contributed by atoms with Crippen molar-refractivity contribution in [2.45, 2.75) is 20.0 Å². The zero-order valence-electron chi connectivity index (χ0n) is 11.0. The number of nitrogens with two attached hydrogens (primary N) is 1. The Hall–Kier alpha value is -1.94. The van der Waals surface area contributed by atoms with Gasteiger partial charge in [-0.25, -0.2) is 4.39 Å². The van der Waals surface area contributed by atoms with Crippen molar-refractivity contribution in [2.24, 2.45) is 5.73 Å². The molecule has 1 aromatic carbocycles. The molecule has 0 unspecified atom stereocenters. The normalized spacial score (nSPS) is 10.5. The third-order valence-corrected chi connectivity index (χ3v) is 3.09. The highest BCUT2D eigenvalue weighted by Gasteiger charge is 2.11. The molecule has 2 rings (SSSR count). The first-order valence-electron chi connectivity index (χ1n) is 6.37. The van der Waals surface area contributed by atoms with E-state index in [1.165, 1.54) is 6.07 Å². The quantitative estimate of drug-likeness (QED) is 0.897. The van der Waals surface area contributed by atoms with Crippen LogP contribution < -0.4 is 10.6 Å². The molecule has 1 heterocycles. The van der Waals surface area contributed by atoms with Gasteiger partial charge in [-0.1, -0.05) is 6.07 Å². The molecule has 0 aliphatic rings. The minimum absolute atomic E-state index is 0.223. The predicted molar refractivity (Wildman–Crippen MR) is 75.3 cm³/mol. The molecule has 0 amide bonds. The number of hydrogen-bond donors (Lipinski definition) is 1. The van der Waals surface area contributed by atoms with Gasteiger partial charge in [-0.05, 0) is 42.3 Å². The maximum Gasteiger partial charge on any atom is 0.146 e. The Morgan fingerprint density at radius 3 is 2.47 bits per heavy atom. The van der Waals surface area contributed by atoms with Crippen LogP contribution in [0.25, 0.3) is 0 Å². The standard InChI is InChI=1S/C15H18FN3/c1-2-19(11-12-5-7-18-8-6-12)15-4-3-13(10-17)9-14(15)16/h3-9H,2,10-11,17H2,1H3. The summed E-state index contributed by atoms with van der Waals surface area (Å²) in [6.07, 6.45) is 3.49. The summed E-state index contributed by atoms with van der Waals surface area (Å²) in [7, 11) is 0. The number of pyridine rings is 1. The van der Waals surface area contributed by atoms with Crippen LogP contribution in [0.15, 0.2) is 42.7 Å². The molecule has 0 fully saturated rings. The van der Waals surface area contributed by atoms with Gasteiger partial charge < -0.3 is 10.6 Å². The van der Waals surface area contributed by atoms with E-state index < -0.39 is 0 Å². The van der Waals surface area contributed by atoms with Gasteiger partial charge in [0.15, 0.2) is 0 Å². The largest absolute Gasteiger partial charge is 0.365 e. The molecule has 1 aromatic heterocycles. The second-order valence-electron chi connectivity index (χ2n) is 4.36. The van der Waals surface area contributed by atoms with Crippen molar-refractivity contribution in [1.82, 2.24) is 4.98 Å². The molecule has 100 valence electrons. The van der Waals surface area contributed by atoms with Gasteiger partial charge in [0.2, 0.25) is 0 Å². The smallest absolute Gasteiger partial charge is 0.146 e. The van der Waals surface area contributed by atoms with Crippen molar-refractivity contribution in [3.05, 3.63) is 59.7 Å². The van der Waals surface area contributed by atoms with Gasteiger partial charge in [0.05, 0.1) is 5.69 Å². The summed E-state index contributed by atoms with van der Waals surface area (Å²) in [5, 5.41) is 0. The lowest BCUT2D eigenvalue weighted by Crippen LogP contribution is -2.23. The topological polar surface area (TPSA) is 42.2 Å². The second kappa shape index (κ2) is 6.29. The lowest BCUT2D eigenvalue weighted by Gasteiger charge is -2.24. The third kappa shape index (κ3) is 3.29. The predicted octanol–water partition coefficient (Wildman–Crippen LogP) is 2.71. The number of nitrogens with zero attached hydrogens (tertiary/aromatic N) is 2. The first-order chi connectivity index (χ1) is 9.24. The molecular weight excluding hydrogens is 241 g/mol. The Morgan fingerprint density at radius 1 is 1.16 bits per heavy atom. The van der Waals surface area contributed by atoms with Crippen LogP contribution in [0.3, 0.4) is 0 Å². The molecule has 0 bridgehead atoms. The molecular formula is C15H18FN3. The Kier molecular flexibility index (Phi) is 4.47. The summed E-state index contributed by atoms with van der Waals surface area (Å²) in [5.41, 5.74) is 8.04. The van der Waals surface area contributed by atoms with Gasteiger partial charge in [-0.2, -0.15) is 0 Å². The summed E-state index contributed by atoms with van der Waals surface area (Å²) in [6, 6.07) is 9.05. The van der Waals surface area contributed by atoms with Crippen LogP contribution in [-0.4, -0.2) is 11.5 Å². The number of hydrogen-bond acceptors (Lipinski definition) is 3. The van der Waals surface area contributed by atoms with Crippen molar-refractivity contribution in [2.75, 3.05) is 11.4 Å². The van der Waals surface area contributed by atoms with E-state index >= 15 is 0 Å². The SMILES string of the molecule is CCN(Cc1ccncc1)c1ccc(CN)cc1F. The summed E-state index contributed by atoms with van der Waals surface area (Å²) in [5.74, 6) is -0.223. The zero-order chi connectivity index (χ0) is 13.7. The molecule has 4 heteroatoms. The van der Waals surface area contributed by atoms with Crippen LogP contribution in [0, 0.1) is 5.82 Å². The fraction of sp³-hybridized carbons (Fsp3) is 0.267. The van der Waals surface area contributed by atoms with E-state index in [1.807, 2.05) is 30.0 Å². The maximum absolute atomic E-state index is 14.1. The Morgan fingerprint density at radius 2 is 1.89 bits per heavy atom. The molecule has 0 aliphatic heterocycles. The van der Waals surface area contributed by atoms with E-state index in [9.17, 15) is 4.39 Å². The maximum atomic E-state index is 14.1. The van der Waals surface area contributed by atoms with Gasteiger partial charge in [0.1, 0.15) is 5.82 Å². The van der Waals surface area contributed by atoms with Crippen LogP contribution in [-0.2, 0) is 13.1 Å².